The summed E-state index contributed by atoms with van der Waals surface area (Å²) < 4.78 is 27.6. The summed E-state index contributed by atoms with van der Waals surface area (Å²) in [4.78, 5) is 0. The predicted molar refractivity (Wildman–Crippen MR) is 78.1 cm³/mol. The average molecular weight is 296 g/mol. The highest BCUT2D eigenvalue weighted by Crippen LogP contribution is 2.29. The van der Waals surface area contributed by atoms with E-state index in [1.54, 1.807) is 31.2 Å². The Labute approximate surface area is 122 Å². The molecule has 106 valence electrons. The number of hydrogen-bond donors (Lipinski definition) is 1. The molecule has 0 fully saturated rings. The molecule has 0 bridgehead atoms. The molecule has 4 heteroatoms. The number of aryl methyl sites for hydroxylation is 1. The molecule has 0 aromatic heterocycles. The Morgan fingerprint density at radius 1 is 1.20 bits per heavy atom. The lowest BCUT2D eigenvalue weighted by Crippen LogP contribution is -2.23. The van der Waals surface area contributed by atoms with Gasteiger partial charge in [0, 0.05) is 5.56 Å². The third kappa shape index (κ3) is 3.00. The Morgan fingerprint density at radius 3 is 2.60 bits per heavy atom. The van der Waals surface area contributed by atoms with Crippen LogP contribution in [0.3, 0.4) is 0 Å². The maximum atomic E-state index is 14.2. The topological polar surface area (TPSA) is 12.0 Å². The van der Waals surface area contributed by atoms with Crippen LogP contribution in [-0.2, 0) is 0 Å². The van der Waals surface area contributed by atoms with E-state index in [0.29, 0.717) is 17.7 Å². The van der Waals surface area contributed by atoms with Gasteiger partial charge < -0.3 is 5.32 Å². The van der Waals surface area contributed by atoms with Crippen molar-refractivity contribution in [2.24, 2.45) is 0 Å². The minimum absolute atomic E-state index is 0.0873. The lowest BCUT2D eigenvalue weighted by Gasteiger charge is -2.20. The fourth-order valence-corrected chi connectivity index (χ4v) is 2.38. The molecule has 2 aromatic rings. The number of hydrogen-bond acceptors (Lipinski definition) is 1. The highest BCUT2D eigenvalue weighted by atomic mass is 35.5. The summed E-state index contributed by atoms with van der Waals surface area (Å²) in [5.74, 6) is -0.711. The Bertz CT molecular complexity index is 613. The molecule has 0 saturated heterocycles. The molecule has 2 aromatic carbocycles. The van der Waals surface area contributed by atoms with E-state index in [0.717, 1.165) is 5.56 Å². The molecule has 0 radical (unpaired) electrons. The minimum Gasteiger partial charge on any atom is -0.306 e. The third-order valence-corrected chi connectivity index (χ3v) is 3.51. The summed E-state index contributed by atoms with van der Waals surface area (Å²) in [6, 6.07) is 9.35. The maximum absolute atomic E-state index is 14.2. The molecule has 1 atom stereocenters. The zero-order valence-corrected chi connectivity index (χ0v) is 12.1. The van der Waals surface area contributed by atoms with Gasteiger partial charge in [0.2, 0.25) is 0 Å². The highest BCUT2D eigenvalue weighted by Gasteiger charge is 2.19. The van der Waals surface area contributed by atoms with Crippen molar-refractivity contribution in [3.63, 3.8) is 0 Å². The van der Waals surface area contributed by atoms with Crippen molar-refractivity contribution >= 4 is 11.6 Å². The van der Waals surface area contributed by atoms with Crippen molar-refractivity contribution < 1.29 is 8.78 Å². The first-order chi connectivity index (χ1) is 9.54. The van der Waals surface area contributed by atoms with Crippen LogP contribution in [-0.4, -0.2) is 6.54 Å². The summed E-state index contributed by atoms with van der Waals surface area (Å²) in [7, 11) is 0. The lowest BCUT2D eigenvalue weighted by molar-refractivity contribution is 0.557. The molecule has 0 aliphatic carbocycles. The van der Waals surface area contributed by atoms with E-state index in [2.05, 4.69) is 5.32 Å². The zero-order chi connectivity index (χ0) is 14.7. The standard InChI is InChI=1S/C16H16ClF2N/c1-3-20-16(11-7-8-14(18)10(2)9-11)12-5-4-6-13(17)15(12)19/h4-9,16,20H,3H2,1-2H3. The van der Waals surface area contributed by atoms with E-state index >= 15 is 0 Å². The van der Waals surface area contributed by atoms with Crippen molar-refractivity contribution in [3.05, 3.63) is 69.7 Å². The van der Waals surface area contributed by atoms with Gasteiger partial charge in [-0.25, -0.2) is 8.78 Å². The molecular weight excluding hydrogens is 280 g/mol. The van der Waals surface area contributed by atoms with Crippen LogP contribution in [0.1, 0.15) is 29.7 Å². The van der Waals surface area contributed by atoms with E-state index < -0.39 is 5.82 Å². The van der Waals surface area contributed by atoms with Crippen molar-refractivity contribution in [1.82, 2.24) is 5.32 Å². The Balaban J connectivity index is 2.50. The summed E-state index contributed by atoms with van der Waals surface area (Å²) >= 11 is 5.84. The molecule has 20 heavy (non-hydrogen) atoms. The normalized spacial score (nSPS) is 12.4. The monoisotopic (exact) mass is 295 g/mol. The smallest absolute Gasteiger partial charge is 0.146 e. The van der Waals surface area contributed by atoms with Gasteiger partial charge in [0.15, 0.2) is 0 Å². The minimum atomic E-state index is -0.443. The molecule has 1 nitrogen and oxygen atoms in total. The van der Waals surface area contributed by atoms with Crippen LogP contribution in [0.2, 0.25) is 5.02 Å². The van der Waals surface area contributed by atoms with Crippen LogP contribution >= 0.6 is 11.6 Å². The first-order valence-electron chi connectivity index (χ1n) is 6.48. The molecule has 0 spiro atoms. The maximum Gasteiger partial charge on any atom is 0.146 e. The second kappa shape index (κ2) is 6.33. The van der Waals surface area contributed by atoms with Gasteiger partial charge in [0.1, 0.15) is 11.6 Å². The van der Waals surface area contributed by atoms with Crippen LogP contribution in [0.5, 0.6) is 0 Å². The van der Waals surface area contributed by atoms with Gasteiger partial charge >= 0.3 is 0 Å². The summed E-state index contributed by atoms with van der Waals surface area (Å²) in [6.45, 7) is 4.29. The molecule has 1 unspecified atom stereocenters. The molecule has 0 aliphatic heterocycles. The van der Waals surface area contributed by atoms with Crippen LogP contribution in [0.4, 0.5) is 8.78 Å². The Hall–Kier alpha value is -1.45. The SMILES string of the molecule is CCNC(c1ccc(F)c(C)c1)c1cccc(Cl)c1F. The molecule has 0 saturated carbocycles. The lowest BCUT2D eigenvalue weighted by atomic mass is 9.96. The van der Waals surface area contributed by atoms with E-state index in [1.165, 1.54) is 12.1 Å². The second-order valence-corrected chi connectivity index (χ2v) is 5.05. The fourth-order valence-electron chi connectivity index (χ4n) is 2.20. The molecule has 0 heterocycles. The molecular formula is C16H16ClF2N. The number of halogens is 3. The second-order valence-electron chi connectivity index (χ2n) is 4.64. The van der Waals surface area contributed by atoms with Crippen molar-refractivity contribution in [2.75, 3.05) is 6.54 Å². The van der Waals surface area contributed by atoms with E-state index in [-0.39, 0.29) is 16.9 Å². The Morgan fingerprint density at radius 2 is 1.95 bits per heavy atom. The van der Waals surface area contributed by atoms with Gasteiger partial charge in [-0.05, 0) is 36.7 Å². The van der Waals surface area contributed by atoms with Crippen LogP contribution < -0.4 is 5.32 Å². The zero-order valence-electron chi connectivity index (χ0n) is 11.4. The first-order valence-corrected chi connectivity index (χ1v) is 6.85. The van der Waals surface area contributed by atoms with Crippen LogP contribution in [0.15, 0.2) is 36.4 Å². The molecule has 0 aliphatic rings. The average Bonchev–Trinajstić information content (AvgIpc) is 2.43. The van der Waals surface area contributed by atoms with Gasteiger partial charge in [-0.1, -0.05) is 42.8 Å². The number of nitrogens with one attached hydrogen (secondary N) is 1. The number of benzene rings is 2. The van der Waals surface area contributed by atoms with Gasteiger partial charge in [-0.15, -0.1) is 0 Å². The largest absolute Gasteiger partial charge is 0.306 e. The van der Waals surface area contributed by atoms with E-state index in [1.807, 2.05) is 6.92 Å². The highest BCUT2D eigenvalue weighted by molar-refractivity contribution is 6.30. The summed E-state index contributed by atoms with van der Waals surface area (Å²) in [5.41, 5.74) is 1.81. The first kappa shape index (κ1) is 14.9. The molecule has 2 rings (SSSR count). The van der Waals surface area contributed by atoms with Crippen molar-refractivity contribution in [3.8, 4) is 0 Å². The fraction of sp³-hybridized carbons (Fsp3) is 0.250. The van der Waals surface area contributed by atoms with Gasteiger partial charge in [0.25, 0.3) is 0 Å². The molecule has 1 N–H and O–H groups in total. The quantitative estimate of drug-likeness (QED) is 0.867. The summed E-state index contributed by atoms with van der Waals surface area (Å²) in [5, 5.41) is 3.30. The van der Waals surface area contributed by atoms with Crippen molar-refractivity contribution in [2.45, 2.75) is 19.9 Å². The summed E-state index contributed by atoms with van der Waals surface area (Å²) in [6.07, 6.45) is 0. The van der Waals surface area contributed by atoms with Gasteiger partial charge in [-0.2, -0.15) is 0 Å². The third-order valence-electron chi connectivity index (χ3n) is 3.22. The van der Waals surface area contributed by atoms with Gasteiger partial charge in [-0.3, -0.25) is 0 Å². The van der Waals surface area contributed by atoms with Crippen LogP contribution in [0, 0.1) is 18.6 Å². The van der Waals surface area contributed by atoms with Gasteiger partial charge in [0.05, 0.1) is 11.1 Å². The molecule has 0 amide bonds. The Kier molecular flexibility index (Phi) is 4.73. The predicted octanol–water partition coefficient (Wildman–Crippen LogP) is 4.63. The van der Waals surface area contributed by atoms with E-state index in [9.17, 15) is 8.78 Å². The number of rotatable bonds is 4. The van der Waals surface area contributed by atoms with E-state index in [4.69, 9.17) is 11.6 Å². The van der Waals surface area contributed by atoms with Crippen LogP contribution in [0.25, 0.3) is 0 Å². The van der Waals surface area contributed by atoms with Crippen molar-refractivity contribution in [1.29, 1.82) is 0 Å².